The van der Waals surface area contributed by atoms with Crippen LogP contribution in [0.2, 0.25) is 5.02 Å². The molecule has 2 aromatic rings. The van der Waals surface area contributed by atoms with Crippen LogP contribution in [0, 0.1) is 0 Å². The van der Waals surface area contributed by atoms with Crippen LogP contribution >= 0.6 is 11.6 Å². The lowest BCUT2D eigenvalue weighted by Crippen LogP contribution is -2.42. The van der Waals surface area contributed by atoms with Crippen molar-refractivity contribution in [1.29, 1.82) is 0 Å². The maximum absolute atomic E-state index is 12.9. The predicted octanol–water partition coefficient (Wildman–Crippen LogP) is 2.76. The third-order valence-corrected chi connectivity index (χ3v) is 4.93. The summed E-state index contributed by atoms with van der Waals surface area (Å²) >= 11 is 5.89. The number of carbonyl (C=O) groups is 3. The van der Waals surface area contributed by atoms with E-state index in [9.17, 15) is 14.4 Å². The van der Waals surface area contributed by atoms with E-state index in [4.69, 9.17) is 21.1 Å². The van der Waals surface area contributed by atoms with Crippen LogP contribution in [0.5, 0.6) is 11.5 Å². The largest absolute Gasteiger partial charge is 0.497 e. The minimum Gasteiger partial charge on any atom is -0.497 e. The van der Waals surface area contributed by atoms with Gasteiger partial charge in [0.15, 0.2) is 0 Å². The third kappa shape index (κ3) is 3.97. The molecule has 0 spiro atoms. The lowest BCUT2D eigenvalue weighted by Gasteiger charge is -2.22. The Morgan fingerprint density at radius 2 is 1.83 bits per heavy atom. The number of methoxy groups -OCH3 is 2. The van der Waals surface area contributed by atoms with Crippen LogP contribution in [-0.2, 0) is 15.1 Å². The van der Waals surface area contributed by atoms with E-state index in [0.29, 0.717) is 27.8 Å². The number of rotatable bonds is 6. The van der Waals surface area contributed by atoms with Gasteiger partial charge in [0, 0.05) is 11.1 Å². The quantitative estimate of drug-likeness (QED) is 0.704. The van der Waals surface area contributed by atoms with Crippen molar-refractivity contribution in [2.24, 2.45) is 0 Å². The molecule has 0 aromatic heterocycles. The fourth-order valence-corrected chi connectivity index (χ4v) is 3.18. The predicted molar refractivity (Wildman–Crippen MR) is 107 cm³/mol. The van der Waals surface area contributed by atoms with Crippen molar-refractivity contribution in [1.82, 2.24) is 10.2 Å². The Morgan fingerprint density at radius 1 is 1.14 bits per heavy atom. The standard InChI is InChI=1S/C20H20ClN3O5/c1-20(12-4-6-13(21)7-5-12)18(26)24(19(27)23-20)11-17(25)22-15-9-8-14(28-2)10-16(15)29-3/h4-10H,11H2,1-3H3,(H,22,25)(H,23,27)/t20-/m0/s1. The van der Waals surface area contributed by atoms with E-state index < -0.39 is 29.9 Å². The summed E-state index contributed by atoms with van der Waals surface area (Å²) in [5.74, 6) is -0.118. The first-order valence-corrected chi connectivity index (χ1v) is 9.08. The monoisotopic (exact) mass is 417 g/mol. The molecule has 0 radical (unpaired) electrons. The molecule has 9 heteroatoms. The van der Waals surface area contributed by atoms with Crippen molar-refractivity contribution in [3.8, 4) is 11.5 Å². The van der Waals surface area contributed by atoms with Gasteiger partial charge in [-0.2, -0.15) is 0 Å². The molecule has 0 aliphatic carbocycles. The zero-order valence-electron chi connectivity index (χ0n) is 16.1. The zero-order chi connectivity index (χ0) is 21.2. The maximum atomic E-state index is 12.9. The van der Waals surface area contributed by atoms with Gasteiger partial charge in [-0.25, -0.2) is 4.79 Å². The van der Waals surface area contributed by atoms with Gasteiger partial charge in [-0.1, -0.05) is 23.7 Å². The van der Waals surface area contributed by atoms with Crippen molar-refractivity contribution < 1.29 is 23.9 Å². The van der Waals surface area contributed by atoms with E-state index in [1.165, 1.54) is 14.2 Å². The number of urea groups is 1. The highest BCUT2D eigenvalue weighted by atomic mass is 35.5. The molecule has 2 N–H and O–H groups in total. The first kappa shape index (κ1) is 20.5. The Kier molecular flexibility index (Phi) is 5.65. The van der Waals surface area contributed by atoms with E-state index in [0.717, 1.165) is 4.90 Å². The molecule has 0 saturated carbocycles. The summed E-state index contributed by atoms with van der Waals surface area (Å²) in [7, 11) is 2.97. The number of benzene rings is 2. The second kappa shape index (κ2) is 8.00. The van der Waals surface area contributed by atoms with Crippen molar-refractivity contribution in [2.45, 2.75) is 12.5 Å². The van der Waals surface area contributed by atoms with Gasteiger partial charge in [-0.3, -0.25) is 14.5 Å². The Bertz CT molecular complexity index is 963. The van der Waals surface area contributed by atoms with Crippen LogP contribution < -0.4 is 20.1 Å². The molecule has 0 bridgehead atoms. The first-order valence-electron chi connectivity index (χ1n) is 8.70. The SMILES string of the molecule is COc1ccc(NC(=O)CN2C(=O)N[C@@](C)(c3ccc(Cl)cc3)C2=O)c(OC)c1. The summed E-state index contributed by atoms with van der Waals surface area (Å²) in [5, 5.41) is 5.80. The number of halogens is 1. The van der Waals surface area contributed by atoms with Crippen LogP contribution in [0.15, 0.2) is 42.5 Å². The number of nitrogens with zero attached hydrogens (tertiary/aromatic N) is 1. The Hall–Kier alpha value is -3.26. The fourth-order valence-electron chi connectivity index (χ4n) is 3.05. The average Bonchev–Trinajstić information content (AvgIpc) is 2.92. The molecule has 29 heavy (non-hydrogen) atoms. The molecule has 152 valence electrons. The maximum Gasteiger partial charge on any atom is 0.325 e. The zero-order valence-corrected chi connectivity index (χ0v) is 16.9. The molecule has 1 aliphatic heterocycles. The van der Waals surface area contributed by atoms with Gasteiger partial charge < -0.3 is 20.1 Å². The Balaban J connectivity index is 1.75. The highest BCUT2D eigenvalue weighted by Gasteiger charge is 2.49. The molecule has 1 saturated heterocycles. The van der Waals surface area contributed by atoms with Gasteiger partial charge in [-0.05, 0) is 36.8 Å². The highest BCUT2D eigenvalue weighted by Crippen LogP contribution is 2.31. The number of amides is 4. The third-order valence-electron chi connectivity index (χ3n) is 4.68. The molecule has 8 nitrogen and oxygen atoms in total. The number of ether oxygens (including phenoxy) is 2. The van der Waals surface area contributed by atoms with Crippen LogP contribution in [0.25, 0.3) is 0 Å². The van der Waals surface area contributed by atoms with Crippen molar-refractivity contribution in [3.63, 3.8) is 0 Å². The van der Waals surface area contributed by atoms with E-state index in [-0.39, 0.29) is 0 Å². The van der Waals surface area contributed by atoms with E-state index in [1.54, 1.807) is 49.4 Å². The van der Waals surface area contributed by atoms with Crippen LogP contribution in [0.3, 0.4) is 0 Å². The van der Waals surface area contributed by atoms with Gasteiger partial charge >= 0.3 is 6.03 Å². The van der Waals surface area contributed by atoms with Gasteiger partial charge in [0.05, 0.1) is 19.9 Å². The van der Waals surface area contributed by atoms with Crippen molar-refractivity contribution in [3.05, 3.63) is 53.1 Å². The minimum atomic E-state index is -1.28. The van der Waals surface area contributed by atoms with E-state index >= 15 is 0 Å². The number of imide groups is 1. The molecular weight excluding hydrogens is 398 g/mol. The van der Waals surface area contributed by atoms with Gasteiger partial charge in [0.2, 0.25) is 5.91 Å². The summed E-state index contributed by atoms with van der Waals surface area (Å²) in [5.41, 5.74) is -0.314. The van der Waals surface area contributed by atoms with Gasteiger partial charge in [0.25, 0.3) is 5.91 Å². The van der Waals surface area contributed by atoms with Crippen LogP contribution in [0.4, 0.5) is 10.5 Å². The topological polar surface area (TPSA) is 97.0 Å². The summed E-state index contributed by atoms with van der Waals surface area (Å²) in [6.45, 7) is 1.14. The highest BCUT2D eigenvalue weighted by molar-refractivity contribution is 6.30. The first-order chi connectivity index (χ1) is 13.8. The molecule has 1 atom stereocenters. The van der Waals surface area contributed by atoms with Crippen molar-refractivity contribution in [2.75, 3.05) is 26.1 Å². The van der Waals surface area contributed by atoms with Crippen LogP contribution in [0.1, 0.15) is 12.5 Å². The minimum absolute atomic E-state index is 0.390. The van der Waals surface area contributed by atoms with Crippen molar-refractivity contribution >= 4 is 35.1 Å². The number of carbonyl (C=O) groups excluding carboxylic acids is 3. The number of hydrogen-bond acceptors (Lipinski definition) is 5. The number of anilines is 1. The second-order valence-corrected chi connectivity index (χ2v) is 7.00. The molecular formula is C20H20ClN3O5. The number of hydrogen-bond donors (Lipinski definition) is 2. The molecule has 1 fully saturated rings. The Labute approximate surface area is 172 Å². The Morgan fingerprint density at radius 3 is 2.45 bits per heavy atom. The summed E-state index contributed by atoms with van der Waals surface area (Å²) in [6, 6.07) is 10.8. The van der Waals surface area contributed by atoms with Gasteiger partial charge in [0.1, 0.15) is 23.6 Å². The average molecular weight is 418 g/mol. The lowest BCUT2D eigenvalue weighted by molar-refractivity contribution is -0.133. The summed E-state index contributed by atoms with van der Waals surface area (Å²) in [4.78, 5) is 38.6. The fraction of sp³-hybridized carbons (Fsp3) is 0.250. The smallest absolute Gasteiger partial charge is 0.325 e. The molecule has 1 aliphatic rings. The molecule has 2 aromatic carbocycles. The normalized spacial score (nSPS) is 18.4. The molecule has 0 unspecified atom stereocenters. The second-order valence-electron chi connectivity index (χ2n) is 6.57. The van der Waals surface area contributed by atoms with E-state index in [1.807, 2.05) is 0 Å². The van der Waals surface area contributed by atoms with E-state index in [2.05, 4.69) is 10.6 Å². The number of nitrogens with one attached hydrogen (secondary N) is 2. The van der Waals surface area contributed by atoms with Crippen LogP contribution in [-0.4, -0.2) is 43.5 Å². The summed E-state index contributed by atoms with van der Waals surface area (Å²) < 4.78 is 10.4. The van der Waals surface area contributed by atoms with Gasteiger partial charge in [-0.15, -0.1) is 0 Å². The lowest BCUT2D eigenvalue weighted by atomic mass is 9.92. The molecule has 1 heterocycles. The molecule has 4 amide bonds. The summed E-state index contributed by atoms with van der Waals surface area (Å²) in [6.07, 6.45) is 0. The molecule has 3 rings (SSSR count).